The SMILES string of the molecule is C[n+]1cncc2c1CCCCCCC2. The van der Waals surface area contributed by atoms with Gasteiger partial charge in [0, 0.05) is 12.0 Å². The number of aryl methyl sites for hydroxylation is 2. The van der Waals surface area contributed by atoms with Crippen LogP contribution in [0, 0.1) is 0 Å². The lowest BCUT2D eigenvalue weighted by molar-refractivity contribution is -0.682. The highest BCUT2D eigenvalue weighted by atomic mass is 15.0. The van der Waals surface area contributed by atoms with Crippen LogP contribution < -0.4 is 4.57 Å². The van der Waals surface area contributed by atoms with E-state index in [1.54, 1.807) is 0 Å². The van der Waals surface area contributed by atoms with Crippen LogP contribution in [-0.4, -0.2) is 4.98 Å². The fraction of sp³-hybridized carbons (Fsp3) is 0.667. The molecule has 1 aromatic rings. The van der Waals surface area contributed by atoms with Gasteiger partial charge in [-0.15, -0.1) is 0 Å². The standard InChI is InChI=1S/C12H19N2/c1-14-10-13-9-11-7-5-3-2-4-6-8-12(11)14/h9-10H,2-8H2,1H3/q+1. The molecule has 0 atom stereocenters. The second-order valence-corrected chi connectivity index (χ2v) is 4.24. The Labute approximate surface area is 86.0 Å². The maximum atomic E-state index is 4.26. The predicted octanol–water partition coefficient (Wildman–Crippen LogP) is 1.96. The smallest absolute Gasteiger partial charge is 0.237 e. The zero-order valence-corrected chi connectivity index (χ0v) is 9.00. The number of fused-ring (bicyclic) bond motifs is 1. The number of hydrogen-bond donors (Lipinski definition) is 0. The van der Waals surface area contributed by atoms with Crippen molar-refractivity contribution >= 4 is 0 Å². The van der Waals surface area contributed by atoms with Crippen molar-refractivity contribution in [3.05, 3.63) is 23.8 Å². The summed E-state index contributed by atoms with van der Waals surface area (Å²) < 4.78 is 2.20. The molecule has 1 aromatic heterocycles. The molecule has 0 N–H and O–H groups in total. The van der Waals surface area contributed by atoms with Gasteiger partial charge < -0.3 is 0 Å². The highest BCUT2D eigenvalue weighted by Gasteiger charge is 2.12. The third-order valence-electron chi connectivity index (χ3n) is 3.13. The van der Waals surface area contributed by atoms with Crippen molar-refractivity contribution in [3.63, 3.8) is 0 Å². The summed E-state index contributed by atoms with van der Waals surface area (Å²) in [4.78, 5) is 4.26. The van der Waals surface area contributed by atoms with Crippen LogP contribution in [0.2, 0.25) is 0 Å². The molecule has 0 fully saturated rings. The van der Waals surface area contributed by atoms with Gasteiger partial charge in [0.1, 0.15) is 11.9 Å². The lowest BCUT2D eigenvalue weighted by Crippen LogP contribution is -2.35. The number of nitrogens with zero attached hydrogens (tertiary/aromatic N) is 2. The normalized spacial score (nSPS) is 17.8. The lowest BCUT2D eigenvalue weighted by Gasteiger charge is -2.05. The van der Waals surface area contributed by atoms with E-state index in [2.05, 4.69) is 22.8 Å². The molecule has 0 radical (unpaired) electrons. The van der Waals surface area contributed by atoms with Gasteiger partial charge in [-0.25, -0.2) is 4.57 Å². The van der Waals surface area contributed by atoms with Crippen LogP contribution in [0.15, 0.2) is 12.5 Å². The summed E-state index contributed by atoms with van der Waals surface area (Å²) in [6, 6.07) is 0. The quantitative estimate of drug-likeness (QED) is 0.573. The molecule has 0 bridgehead atoms. The molecule has 0 saturated carbocycles. The van der Waals surface area contributed by atoms with Crippen molar-refractivity contribution in [1.82, 2.24) is 4.98 Å². The van der Waals surface area contributed by atoms with Crippen LogP contribution >= 0.6 is 0 Å². The number of hydrogen-bond acceptors (Lipinski definition) is 1. The van der Waals surface area contributed by atoms with Crippen molar-refractivity contribution in [1.29, 1.82) is 0 Å². The van der Waals surface area contributed by atoms with Crippen LogP contribution in [-0.2, 0) is 19.9 Å². The predicted molar refractivity (Wildman–Crippen MR) is 55.9 cm³/mol. The Hall–Kier alpha value is -0.920. The topological polar surface area (TPSA) is 16.8 Å². The third kappa shape index (κ3) is 2.11. The highest BCUT2D eigenvalue weighted by molar-refractivity contribution is 5.12. The molecule has 76 valence electrons. The summed E-state index contributed by atoms with van der Waals surface area (Å²) in [5.41, 5.74) is 2.97. The fourth-order valence-electron chi connectivity index (χ4n) is 2.28. The van der Waals surface area contributed by atoms with E-state index in [1.807, 2.05) is 6.33 Å². The Morgan fingerprint density at radius 3 is 2.64 bits per heavy atom. The molecule has 2 rings (SSSR count). The van der Waals surface area contributed by atoms with Crippen LogP contribution in [0.3, 0.4) is 0 Å². The van der Waals surface area contributed by atoms with Gasteiger partial charge in [-0.3, -0.25) is 0 Å². The summed E-state index contributed by atoms with van der Waals surface area (Å²) in [6.07, 6.45) is 13.3. The van der Waals surface area contributed by atoms with E-state index in [0.29, 0.717) is 0 Å². The molecule has 0 aromatic carbocycles. The van der Waals surface area contributed by atoms with Gasteiger partial charge in [-0.1, -0.05) is 24.2 Å². The van der Waals surface area contributed by atoms with E-state index in [1.165, 1.54) is 56.2 Å². The maximum Gasteiger partial charge on any atom is 0.286 e. The zero-order chi connectivity index (χ0) is 9.80. The molecule has 2 heteroatoms. The molecule has 2 nitrogen and oxygen atoms in total. The van der Waals surface area contributed by atoms with Crippen molar-refractivity contribution in [2.45, 2.75) is 44.9 Å². The van der Waals surface area contributed by atoms with Gasteiger partial charge in [0.15, 0.2) is 0 Å². The average molecular weight is 191 g/mol. The maximum absolute atomic E-state index is 4.26. The van der Waals surface area contributed by atoms with Gasteiger partial charge in [-0.2, -0.15) is 0 Å². The molecule has 1 aliphatic rings. The van der Waals surface area contributed by atoms with Crippen LogP contribution in [0.25, 0.3) is 0 Å². The second-order valence-electron chi connectivity index (χ2n) is 4.24. The largest absolute Gasteiger partial charge is 0.286 e. The third-order valence-corrected chi connectivity index (χ3v) is 3.13. The molecule has 0 spiro atoms. The van der Waals surface area contributed by atoms with E-state index in [-0.39, 0.29) is 0 Å². The fourth-order valence-corrected chi connectivity index (χ4v) is 2.28. The molecule has 0 unspecified atom stereocenters. The van der Waals surface area contributed by atoms with E-state index in [9.17, 15) is 0 Å². The molecular weight excluding hydrogens is 172 g/mol. The van der Waals surface area contributed by atoms with Crippen molar-refractivity contribution in [3.8, 4) is 0 Å². The number of rotatable bonds is 0. The van der Waals surface area contributed by atoms with Crippen molar-refractivity contribution in [2.24, 2.45) is 7.05 Å². The van der Waals surface area contributed by atoms with E-state index < -0.39 is 0 Å². The zero-order valence-electron chi connectivity index (χ0n) is 9.00. The first-order valence-corrected chi connectivity index (χ1v) is 5.69. The molecule has 0 aliphatic heterocycles. The first-order valence-electron chi connectivity index (χ1n) is 5.69. The lowest BCUT2D eigenvalue weighted by atomic mass is 10.1. The Bertz CT molecular complexity index is 307. The molecule has 0 saturated heterocycles. The van der Waals surface area contributed by atoms with Gasteiger partial charge in [0.2, 0.25) is 0 Å². The summed E-state index contributed by atoms with van der Waals surface area (Å²) in [5, 5.41) is 0. The van der Waals surface area contributed by atoms with Crippen molar-refractivity contribution < 1.29 is 4.57 Å². The highest BCUT2D eigenvalue weighted by Crippen LogP contribution is 2.15. The number of aromatic nitrogens is 2. The average Bonchev–Trinajstić information content (AvgIpc) is 2.30. The molecule has 0 amide bonds. The van der Waals surface area contributed by atoms with E-state index in [0.717, 1.165) is 0 Å². The van der Waals surface area contributed by atoms with Crippen LogP contribution in [0.4, 0.5) is 0 Å². The van der Waals surface area contributed by atoms with Gasteiger partial charge in [-0.05, 0) is 19.3 Å². The first-order chi connectivity index (χ1) is 6.88. The van der Waals surface area contributed by atoms with Gasteiger partial charge in [0.25, 0.3) is 6.33 Å². The molecule has 14 heavy (non-hydrogen) atoms. The van der Waals surface area contributed by atoms with Gasteiger partial charge in [0.05, 0.1) is 7.05 Å². The first kappa shape index (κ1) is 9.63. The Kier molecular flexibility index (Phi) is 3.12. The van der Waals surface area contributed by atoms with Crippen LogP contribution in [0.5, 0.6) is 0 Å². The summed E-state index contributed by atoms with van der Waals surface area (Å²) in [7, 11) is 2.11. The Balaban J connectivity index is 2.26. The summed E-state index contributed by atoms with van der Waals surface area (Å²) in [6.45, 7) is 0. The van der Waals surface area contributed by atoms with E-state index >= 15 is 0 Å². The minimum absolute atomic E-state index is 1.22. The molecule has 1 heterocycles. The minimum Gasteiger partial charge on any atom is -0.237 e. The Morgan fingerprint density at radius 1 is 1.07 bits per heavy atom. The van der Waals surface area contributed by atoms with E-state index in [4.69, 9.17) is 0 Å². The molecule has 1 aliphatic carbocycles. The Morgan fingerprint density at radius 2 is 1.79 bits per heavy atom. The van der Waals surface area contributed by atoms with Crippen LogP contribution in [0.1, 0.15) is 43.4 Å². The van der Waals surface area contributed by atoms with Crippen molar-refractivity contribution in [2.75, 3.05) is 0 Å². The minimum atomic E-state index is 1.22. The molecular formula is C12H19N2+. The van der Waals surface area contributed by atoms with Gasteiger partial charge >= 0.3 is 0 Å². The summed E-state index contributed by atoms with van der Waals surface area (Å²) >= 11 is 0. The second kappa shape index (κ2) is 4.54. The summed E-state index contributed by atoms with van der Waals surface area (Å²) in [5.74, 6) is 0. The monoisotopic (exact) mass is 191 g/mol.